The van der Waals surface area contributed by atoms with Gasteiger partial charge in [0.15, 0.2) is 0 Å². The lowest BCUT2D eigenvalue weighted by Gasteiger charge is -2.06. The molecule has 1 N–H and O–H groups in total. The summed E-state index contributed by atoms with van der Waals surface area (Å²) >= 11 is 0. The Balaban J connectivity index is 2.38. The van der Waals surface area contributed by atoms with E-state index in [1.54, 1.807) is 12.1 Å². The highest BCUT2D eigenvalue weighted by atomic mass is 16.6. The van der Waals surface area contributed by atoms with Crippen molar-refractivity contribution in [2.24, 2.45) is 0 Å². The van der Waals surface area contributed by atoms with Crippen LogP contribution in [0.15, 0.2) is 24.3 Å². The quantitative estimate of drug-likeness (QED) is 0.603. The van der Waals surface area contributed by atoms with Gasteiger partial charge in [0.2, 0.25) is 0 Å². The number of ether oxygens (including phenoxy) is 2. The second kappa shape index (κ2) is 5.75. The molecule has 5 nitrogen and oxygen atoms in total. The van der Waals surface area contributed by atoms with E-state index in [0.717, 1.165) is 0 Å². The maximum Gasteiger partial charge on any atom is 0.335 e. The molecule has 5 heteroatoms. The van der Waals surface area contributed by atoms with Crippen LogP contribution in [0.4, 0.5) is 0 Å². The van der Waals surface area contributed by atoms with Crippen LogP contribution < -0.4 is 4.74 Å². The fourth-order valence-electron chi connectivity index (χ4n) is 1.04. The van der Waals surface area contributed by atoms with Crippen molar-refractivity contribution in [3.8, 4) is 5.75 Å². The minimum absolute atomic E-state index is 0.177. The van der Waals surface area contributed by atoms with Crippen LogP contribution in [0.3, 0.4) is 0 Å². The van der Waals surface area contributed by atoms with E-state index in [1.165, 1.54) is 19.1 Å². The first kappa shape index (κ1) is 12.0. The SMILES string of the molecule is CC(=O)OCCOc1ccc(C(=O)O)cc1. The van der Waals surface area contributed by atoms with Crippen LogP contribution in [0.5, 0.6) is 5.75 Å². The van der Waals surface area contributed by atoms with E-state index >= 15 is 0 Å². The molecule has 16 heavy (non-hydrogen) atoms. The molecular formula is C11H12O5. The van der Waals surface area contributed by atoms with Crippen molar-refractivity contribution >= 4 is 11.9 Å². The van der Waals surface area contributed by atoms with Crippen LogP contribution >= 0.6 is 0 Å². The zero-order valence-corrected chi connectivity index (χ0v) is 8.80. The first-order valence-electron chi connectivity index (χ1n) is 4.69. The summed E-state index contributed by atoms with van der Waals surface area (Å²) in [5.41, 5.74) is 0.201. The Bertz CT molecular complexity index is 368. The number of carbonyl (C=O) groups excluding carboxylic acids is 1. The van der Waals surface area contributed by atoms with Crippen LogP contribution in [0.1, 0.15) is 17.3 Å². The topological polar surface area (TPSA) is 72.8 Å². The summed E-state index contributed by atoms with van der Waals surface area (Å²) < 4.78 is 9.89. The molecule has 0 bridgehead atoms. The maximum absolute atomic E-state index is 10.5. The van der Waals surface area contributed by atoms with Gasteiger partial charge in [0, 0.05) is 6.92 Å². The number of carboxylic acid groups (broad SMARTS) is 1. The lowest BCUT2D eigenvalue weighted by molar-refractivity contribution is -0.141. The van der Waals surface area contributed by atoms with Gasteiger partial charge in [-0.25, -0.2) is 4.79 Å². The van der Waals surface area contributed by atoms with Gasteiger partial charge >= 0.3 is 11.9 Å². The van der Waals surface area contributed by atoms with Gasteiger partial charge in [-0.3, -0.25) is 4.79 Å². The lowest BCUT2D eigenvalue weighted by Crippen LogP contribution is -2.09. The molecule has 0 aliphatic heterocycles. The largest absolute Gasteiger partial charge is 0.490 e. The van der Waals surface area contributed by atoms with Crippen molar-refractivity contribution in [3.63, 3.8) is 0 Å². The van der Waals surface area contributed by atoms with E-state index in [2.05, 4.69) is 4.74 Å². The van der Waals surface area contributed by atoms with E-state index in [-0.39, 0.29) is 24.7 Å². The number of rotatable bonds is 5. The molecule has 0 aromatic heterocycles. The molecule has 0 unspecified atom stereocenters. The zero-order chi connectivity index (χ0) is 12.0. The molecule has 0 fully saturated rings. The zero-order valence-electron chi connectivity index (χ0n) is 8.80. The summed E-state index contributed by atoms with van der Waals surface area (Å²) in [5.74, 6) is -0.798. The van der Waals surface area contributed by atoms with Gasteiger partial charge < -0.3 is 14.6 Å². The minimum Gasteiger partial charge on any atom is -0.490 e. The van der Waals surface area contributed by atoms with E-state index < -0.39 is 5.97 Å². The van der Waals surface area contributed by atoms with Gasteiger partial charge in [0.05, 0.1) is 5.56 Å². The highest BCUT2D eigenvalue weighted by Gasteiger charge is 2.02. The molecule has 1 rings (SSSR count). The molecule has 1 aromatic carbocycles. The second-order valence-electron chi connectivity index (χ2n) is 3.02. The number of carboxylic acids is 1. The highest BCUT2D eigenvalue weighted by Crippen LogP contribution is 2.11. The van der Waals surface area contributed by atoms with Crippen molar-refractivity contribution in [2.45, 2.75) is 6.92 Å². The molecular weight excluding hydrogens is 212 g/mol. The summed E-state index contributed by atoms with van der Waals surface area (Å²) in [4.78, 5) is 21.0. The molecule has 0 spiro atoms. The second-order valence-corrected chi connectivity index (χ2v) is 3.02. The first-order valence-corrected chi connectivity index (χ1v) is 4.69. The summed E-state index contributed by atoms with van der Waals surface area (Å²) in [6.45, 7) is 1.74. The molecule has 0 amide bonds. The Morgan fingerprint density at radius 3 is 2.31 bits per heavy atom. The Morgan fingerprint density at radius 2 is 1.81 bits per heavy atom. The van der Waals surface area contributed by atoms with Crippen molar-refractivity contribution in [1.82, 2.24) is 0 Å². The van der Waals surface area contributed by atoms with Gasteiger partial charge in [-0.2, -0.15) is 0 Å². The molecule has 0 heterocycles. The maximum atomic E-state index is 10.5. The number of hydrogen-bond acceptors (Lipinski definition) is 4. The summed E-state index contributed by atoms with van der Waals surface area (Å²) in [6, 6.07) is 6.00. The standard InChI is InChI=1S/C11H12O5/c1-8(12)15-6-7-16-10-4-2-9(3-5-10)11(13)14/h2-5H,6-7H2,1H3,(H,13,14). The van der Waals surface area contributed by atoms with Crippen LogP contribution in [0, 0.1) is 0 Å². The molecule has 0 radical (unpaired) electrons. The van der Waals surface area contributed by atoms with E-state index in [9.17, 15) is 9.59 Å². The van der Waals surface area contributed by atoms with Crippen molar-refractivity contribution in [2.75, 3.05) is 13.2 Å². The van der Waals surface area contributed by atoms with Gasteiger partial charge in [-0.1, -0.05) is 0 Å². The van der Waals surface area contributed by atoms with Crippen LogP contribution in [0.25, 0.3) is 0 Å². The normalized spacial score (nSPS) is 9.56. The number of benzene rings is 1. The molecule has 86 valence electrons. The molecule has 0 atom stereocenters. The first-order chi connectivity index (χ1) is 7.59. The Kier molecular flexibility index (Phi) is 4.32. The van der Waals surface area contributed by atoms with Gasteiger partial charge in [-0.15, -0.1) is 0 Å². The number of carbonyl (C=O) groups is 2. The predicted octanol–water partition coefficient (Wildman–Crippen LogP) is 1.33. The lowest BCUT2D eigenvalue weighted by atomic mass is 10.2. The van der Waals surface area contributed by atoms with Gasteiger partial charge in [-0.05, 0) is 24.3 Å². The summed E-state index contributed by atoms with van der Waals surface area (Å²) in [7, 11) is 0. The van der Waals surface area contributed by atoms with Crippen molar-refractivity contribution in [3.05, 3.63) is 29.8 Å². The van der Waals surface area contributed by atoms with Crippen LogP contribution in [-0.2, 0) is 9.53 Å². The summed E-state index contributed by atoms with van der Waals surface area (Å²) in [6.07, 6.45) is 0. The molecule has 0 aliphatic carbocycles. The average molecular weight is 224 g/mol. The number of aromatic carboxylic acids is 1. The van der Waals surface area contributed by atoms with Crippen molar-refractivity contribution < 1.29 is 24.2 Å². The van der Waals surface area contributed by atoms with Crippen molar-refractivity contribution in [1.29, 1.82) is 0 Å². The monoisotopic (exact) mass is 224 g/mol. The van der Waals surface area contributed by atoms with Crippen LogP contribution in [0.2, 0.25) is 0 Å². The molecule has 1 aromatic rings. The molecule has 0 saturated carbocycles. The Hall–Kier alpha value is -2.04. The molecule has 0 aliphatic rings. The highest BCUT2D eigenvalue weighted by molar-refractivity contribution is 5.87. The number of hydrogen-bond donors (Lipinski definition) is 1. The fourth-order valence-corrected chi connectivity index (χ4v) is 1.04. The summed E-state index contributed by atoms with van der Waals surface area (Å²) in [5, 5.41) is 8.65. The van der Waals surface area contributed by atoms with E-state index in [0.29, 0.717) is 5.75 Å². The van der Waals surface area contributed by atoms with E-state index in [1.807, 2.05) is 0 Å². The van der Waals surface area contributed by atoms with Crippen LogP contribution in [-0.4, -0.2) is 30.3 Å². The minimum atomic E-state index is -0.980. The number of esters is 1. The smallest absolute Gasteiger partial charge is 0.335 e. The van der Waals surface area contributed by atoms with Gasteiger partial charge in [0.25, 0.3) is 0 Å². The van der Waals surface area contributed by atoms with E-state index in [4.69, 9.17) is 9.84 Å². The third-order valence-electron chi connectivity index (χ3n) is 1.76. The Morgan fingerprint density at radius 1 is 1.19 bits per heavy atom. The van der Waals surface area contributed by atoms with Gasteiger partial charge in [0.1, 0.15) is 19.0 Å². The average Bonchev–Trinajstić information content (AvgIpc) is 2.25. The predicted molar refractivity (Wildman–Crippen MR) is 55.5 cm³/mol. The third-order valence-corrected chi connectivity index (χ3v) is 1.76. The third kappa shape index (κ3) is 4.00. The fraction of sp³-hybridized carbons (Fsp3) is 0.273. The Labute approximate surface area is 92.6 Å². The molecule has 0 saturated heterocycles.